The highest BCUT2D eigenvalue weighted by molar-refractivity contribution is 7.98. The van der Waals surface area contributed by atoms with E-state index >= 15 is 0 Å². The van der Waals surface area contributed by atoms with Crippen LogP contribution in [0.2, 0.25) is 5.02 Å². The lowest BCUT2D eigenvalue weighted by Gasteiger charge is -2.09. The summed E-state index contributed by atoms with van der Waals surface area (Å²) < 4.78 is 0. The van der Waals surface area contributed by atoms with Crippen LogP contribution in [0.25, 0.3) is 0 Å². The lowest BCUT2D eigenvalue weighted by Crippen LogP contribution is -2.07. The Kier molecular flexibility index (Phi) is 5.17. The van der Waals surface area contributed by atoms with Crippen molar-refractivity contribution in [1.29, 1.82) is 0 Å². The molecule has 0 amide bonds. The minimum Gasteiger partial charge on any atom is -0.368 e. The van der Waals surface area contributed by atoms with Crippen LogP contribution in [-0.4, -0.2) is 15.0 Å². The van der Waals surface area contributed by atoms with Crippen LogP contribution in [-0.2, 0) is 5.75 Å². The van der Waals surface area contributed by atoms with Crippen molar-refractivity contribution in [3.05, 3.63) is 64.9 Å². The van der Waals surface area contributed by atoms with E-state index in [-0.39, 0.29) is 5.95 Å². The number of hydrogen-bond acceptors (Lipinski definition) is 6. The van der Waals surface area contributed by atoms with Gasteiger partial charge in [-0.3, -0.25) is 0 Å². The summed E-state index contributed by atoms with van der Waals surface area (Å²) in [5.74, 6) is 1.78. The molecule has 0 aliphatic heterocycles. The Labute approximate surface area is 149 Å². The molecule has 0 saturated heterocycles. The second kappa shape index (κ2) is 7.51. The molecule has 0 bridgehead atoms. The molecule has 3 N–H and O–H groups in total. The van der Waals surface area contributed by atoms with Crippen LogP contribution in [0, 0.1) is 6.92 Å². The first kappa shape index (κ1) is 16.5. The summed E-state index contributed by atoms with van der Waals surface area (Å²) in [6.07, 6.45) is 0. The highest BCUT2D eigenvalue weighted by Crippen LogP contribution is 2.29. The van der Waals surface area contributed by atoms with Crippen LogP contribution in [0.3, 0.4) is 0 Å². The average Bonchev–Trinajstić information content (AvgIpc) is 2.56. The third-order valence-corrected chi connectivity index (χ3v) is 4.80. The lowest BCUT2D eigenvalue weighted by atomic mass is 10.2. The molecule has 1 heterocycles. The number of nitrogens with zero attached hydrogens (tertiary/aromatic N) is 3. The van der Waals surface area contributed by atoms with Gasteiger partial charge in [-0.05, 0) is 30.7 Å². The van der Waals surface area contributed by atoms with Gasteiger partial charge in [0.05, 0.1) is 10.8 Å². The Hall–Kier alpha value is -2.31. The molecule has 3 aromatic rings. The quantitative estimate of drug-likeness (QED) is 0.657. The molecule has 1 aromatic heterocycles. The molecule has 0 saturated carbocycles. The lowest BCUT2D eigenvalue weighted by molar-refractivity contribution is 0.981. The van der Waals surface area contributed by atoms with Crippen molar-refractivity contribution in [2.45, 2.75) is 17.6 Å². The molecule has 0 spiro atoms. The number of nitrogens with one attached hydrogen (secondary N) is 1. The summed E-state index contributed by atoms with van der Waals surface area (Å²) in [6.45, 7) is 2.01. The van der Waals surface area contributed by atoms with Gasteiger partial charge in [-0.2, -0.15) is 15.0 Å². The maximum Gasteiger partial charge on any atom is 0.232 e. The molecule has 3 rings (SSSR count). The third kappa shape index (κ3) is 4.15. The van der Waals surface area contributed by atoms with Gasteiger partial charge in [-0.15, -0.1) is 11.8 Å². The maximum atomic E-state index is 6.17. The summed E-state index contributed by atoms with van der Waals surface area (Å²) in [5, 5.41) is 3.90. The van der Waals surface area contributed by atoms with Crippen LogP contribution in [0.15, 0.2) is 53.4 Å². The number of anilines is 3. The molecule has 0 radical (unpaired) electrons. The SMILES string of the molecule is Cc1ccccc1Nc1nc(N)nc(CSc2ccccc2Cl)n1. The highest BCUT2D eigenvalue weighted by atomic mass is 35.5. The van der Waals surface area contributed by atoms with Crippen molar-refractivity contribution in [3.8, 4) is 0 Å². The van der Waals surface area contributed by atoms with Crippen molar-refractivity contribution in [2.24, 2.45) is 0 Å². The fourth-order valence-electron chi connectivity index (χ4n) is 2.10. The van der Waals surface area contributed by atoms with Crippen molar-refractivity contribution in [1.82, 2.24) is 15.0 Å². The molecule has 122 valence electrons. The summed E-state index contributed by atoms with van der Waals surface area (Å²) in [6, 6.07) is 15.6. The van der Waals surface area contributed by atoms with Crippen molar-refractivity contribution in [3.63, 3.8) is 0 Å². The zero-order chi connectivity index (χ0) is 16.9. The number of hydrogen-bond donors (Lipinski definition) is 2. The monoisotopic (exact) mass is 357 g/mol. The number of nitrogen functional groups attached to an aromatic ring is 1. The first-order chi connectivity index (χ1) is 11.6. The van der Waals surface area contributed by atoms with Gasteiger partial charge in [0.25, 0.3) is 0 Å². The first-order valence-electron chi connectivity index (χ1n) is 7.32. The van der Waals surface area contributed by atoms with E-state index in [2.05, 4.69) is 20.3 Å². The highest BCUT2D eigenvalue weighted by Gasteiger charge is 2.08. The summed E-state index contributed by atoms with van der Waals surface area (Å²) in [5.41, 5.74) is 7.85. The van der Waals surface area contributed by atoms with Gasteiger partial charge < -0.3 is 11.1 Å². The van der Waals surface area contributed by atoms with Gasteiger partial charge in [0.2, 0.25) is 11.9 Å². The van der Waals surface area contributed by atoms with Crippen molar-refractivity contribution < 1.29 is 0 Å². The van der Waals surface area contributed by atoms with Crippen LogP contribution in [0.4, 0.5) is 17.6 Å². The molecule has 24 heavy (non-hydrogen) atoms. The van der Waals surface area contributed by atoms with Gasteiger partial charge in [0.1, 0.15) is 5.82 Å². The van der Waals surface area contributed by atoms with E-state index in [1.165, 1.54) is 0 Å². The zero-order valence-electron chi connectivity index (χ0n) is 13.0. The van der Waals surface area contributed by atoms with Gasteiger partial charge in [-0.25, -0.2) is 0 Å². The second-order valence-electron chi connectivity index (χ2n) is 5.09. The smallest absolute Gasteiger partial charge is 0.232 e. The molecule has 2 aromatic carbocycles. The van der Waals surface area contributed by atoms with E-state index in [1.54, 1.807) is 11.8 Å². The Morgan fingerprint density at radius 2 is 1.79 bits per heavy atom. The Bertz CT molecular complexity index is 856. The van der Waals surface area contributed by atoms with Gasteiger partial charge in [-0.1, -0.05) is 41.9 Å². The number of rotatable bonds is 5. The molecule has 0 unspecified atom stereocenters. The molecule has 0 aliphatic rings. The van der Waals surface area contributed by atoms with Crippen molar-refractivity contribution in [2.75, 3.05) is 11.1 Å². The molecular formula is C17H16ClN5S. The number of halogens is 1. The molecule has 5 nitrogen and oxygen atoms in total. The van der Waals surface area contributed by atoms with Crippen LogP contribution >= 0.6 is 23.4 Å². The molecule has 0 aliphatic carbocycles. The molecule has 0 fully saturated rings. The second-order valence-corrected chi connectivity index (χ2v) is 6.52. The fraction of sp³-hybridized carbons (Fsp3) is 0.118. The first-order valence-corrected chi connectivity index (χ1v) is 8.68. The Balaban J connectivity index is 1.77. The molecule has 7 heteroatoms. The van der Waals surface area contributed by atoms with Crippen molar-refractivity contribution >= 4 is 40.9 Å². The summed E-state index contributed by atoms with van der Waals surface area (Å²) in [7, 11) is 0. The number of aromatic nitrogens is 3. The summed E-state index contributed by atoms with van der Waals surface area (Å²) in [4.78, 5) is 13.8. The number of para-hydroxylation sites is 1. The maximum absolute atomic E-state index is 6.17. The number of benzene rings is 2. The predicted octanol–water partition coefficient (Wildman–Crippen LogP) is 4.45. The number of nitrogens with two attached hydrogens (primary N) is 1. The van der Waals surface area contributed by atoms with Crippen LogP contribution < -0.4 is 11.1 Å². The predicted molar refractivity (Wildman–Crippen MR) is 99.7 cm³/mol. The van der Waals surface area contributed by atoms with E-state index in [4.69, 9.17) is 17.3 Å². The minimum absolute atomic E-state index is 0.191. The normalized spacial score (nSPS) is 10.6. The standard InChI is InChI=1S/C17H16ClN5S/c1-11-6-2-4-8-13(11)20-17-22-15(21-16(19)23-17)10-24-14-9-5-3-7-12(14)18/h2-9H,10H2,1H3,(H3,19,20,21,22,23). The number of aryl methyl sites for hydroxylation is 1. The van der Waals surface area contributed by atoms with E-state index in [0.717, 1.165) is 16.1 Å². The van der Waals surface area contributed by atoms with Gasteiger partial charge in [0.15, 0.2) is 0 Å². The van der Waals surface area contributed by atoms with E-state index < -0.39 is 0 Å². The minimum atomic E-state index is 0.191. The van der Waals surface area contributed by atoms with E-state index in [0.29, 0.717) is 22.5 Å². The molecular weight excluding hydrogens is 342 g/mol. The number of thioether (sulfide) groups is 1. The Morgan fingerprint density at radius 3 is 2.58 bits per heavy atom. The average molecular weight is 358 g/mol. The fourth-order valence-corrected chi connectivity index (χ4v) is 3.19. The van der Waals surface area contributed by atoms with E-state index in [9.17, 15) is 0 Å². The largest absolute Gasteiger partial charge is 0.368 e. The molecule has 0 atom stereocenters. The van der Waals surface area contributed by atoms with E-state index in [1.807, 2.05) is 55.5 Å². The van der Waals surface area contributed by atoms with Gasteiger partial charge >= 0.3 is 0 Å². The zero-order valence-corrected chi connectivity index (χ0v) is 14.6. The van der Waals surface area contributed by atoms with Crippen LogP contribution in [0.5, 0.6) is 0 Å². The third-order valence-electron chi connectivity index (χ3n) is 3.28. The summed E-state index contributed by atoms with van der Waals surface area (Å²) >= 11 is 7.73. The Morgan fingerprint density at radius 1 is 1.04 bits per heavy atom. The van der Waals surface area contributed by atoms with Crippen LogP contribution in [0.1, 0.15) is 11.4 Å². The van der Waals surface area contributed by atoms with Gasteiger partial charge in [0, 0.05) is 10.6 Å². The topological polar surface area (TPSA) is 76.7 Å².